The first-order valence-electron chi connectivity index (χ1n) is 8.25. The second-order valence-electron chi connectivity index (χ2n) is 5.92. The van der Waals surface area contributed by atoms with Gasteiger partial charge in [0, 0.05) is 25.3 Å². The normalized spacial score (nSPS) is 14.4. The minimum absolute atomic E-state index is 0.374. The highest BCUT2D eigenvalue weighted by molar-refractivity contribution is 7.89. The summed E-state index contributed by atoms with van der Waals surface area (Å²) in [6.07, 6.45) is 2.54. The number of fused-ring (bicyclic) bond motifs is 1. The van der Waals surface area contributed by atoms with Crippen molar-refractivity contribution in [3.63, 3.8) is 0 Å². The molecule has 3 rings (SSSR count). The lowest BCUT2D eigenvalue weighted by molar-refractivity contribution is 0.445. The first-order chi connectivity index (χ1) is 11.5. The molecule has 1 aliphatic heterocycles. The van der Waals surface area contributed by atoms with Gasteiger partial charge in [-0.1, -0.05) is 13.8 Å². The van der Waals surface area contributed by atoms with Crippen molar-refractivity contribution < 1.29 is 12.8 Å². The molecule has 130 valence electrons. The highest BCUT2D eigenvalue weighted by Gasteiger charge is 2.26. The third-order valence-electron chi connectivity index (χ3n) is 4.38. The molecule has 0 bridgehead atoms. The minimum atomic E-state index is -3.41. The number of nitrogens with zero attached hydrogens (tertiary/aromatic N) is 3. The number of aromatic nitrogens is 1. The highest BCUT2D eigenvalue weighted by atomic mass is 32.2. The Morgan fingerprint density at radius 3 is 2.67 bits per heavy atom. The molecule has 0 atom stereocenters. The molecule has 1 aromatic heterocycles. The van der Waals surface area contributed by atoms with E-state index in [0.717, 1.165) is 30.0 Å². The van der Waals surface area contributed by atoms with Gasteiger partial charge in [-0.3, -0.25) is 0 Å². The van der Waals surface area contributed by atoms with Crippen LogP contribution in [0.1, 0.15) is 31.1 Å². The number of hydrogen-bond acceptors (Lipinski definition) is 5. The third-order valence-corrected chi connectivity index (χ3v) is 6.43. The lowest BCUT2D eigenvalue weighted by Crippen LogP contribution is -2.30. The molecule has 1 aliphatic rings. The van der Waals surface area contributed by atoms with E-state index < -0.39 is 10.0 Å². The molecule has 0 radical (unpaired) electrons. The van der Waals surface area contributed by atoms with Crippen molar-refractivity contribution in [1.29, 1.82) is 0 Å². The van der Waals surface area contributed by atoms with Crippen LogP contribution < -0.4 is 4.90 Å². The molecule has 24 heavy (non-hydrogen) atoms. The van der Waals surface area contributed by atoms with Crippen LogP contribution in [0.2, 0.25) is 0 Å². The van der Waals surface area contributed by atoms with Gasteiger partial charge in [0.25, 0.3) is 0 Å². The summed E-state index contributed by atoms with van der Waals surface area (Å²) in [5.74, 6) is 1.48. The fourth-order valence-corrected chi connectivity index (χ4v) is 4.63. The van der Waals surface area contributed by atoms with Crippen LogP contribution in [-0.4, -0.2) is 37.3 Å². The zero-order valence-electron chi connectivity index (χ0n) is 14.3. The van der Waals surface area contributed by atoms with Gasteiger partial charge in [0.1, 0.15) is 5.76 Å². The van der Waals surface area contributed by atoms with Gasteiger partial charge in [-0.25, -0.2) is 13.4 Å². The van der Waals surface area contributed by atoms with E-state index in [1.54, 1.807) is 12.3 Å². The van der Waals surface area contributed by atoms with Gasteiger partial charge in [-0.2, -0.15) is 4.31 Å². The first kappa shape index (κ1) is 17.0. The SMILES string of the molecule is CCN(CC)S(=O)(=O)c1ccc2c(c1)CCN2Cc1ncc(C)o1. The molecule has 0 spiro atoms. The Labute approximate surface area is 143 Å². The molecule has 0 aliphatic carbocycles. The van der Waals surface area contributed by atoms with Crippen LogP contribution in [0.4, 0.5) is 5.69 Å². The summed E-state index contributed by atoms with van der Waals surface area (Å²) in [5.41, 5.74) is 2.12. The van der Waals surface area contributed by atoms with Crippen LogP contribution in [0, 0.1) is 6.92 Å². The van der Waals surface area contributed by atoms with Gasteiger partial charge in [-0.05, 0) is 37.1 Å². The molecule has 0 amide bonds. The number of oxazole rings is 1. The monoisotopic (exact) mass is 349 g/mol. The van der Waals surface area contributed by atoms with Crippen molar-refractivity contribution in [2.75, 3.05) is 24.5 Å². The smallest absolute Gasteiger partial charge is 0.243 e. The van der Waals surface area contributed by atoms with Crippen LogP contribution in [0.5, 0.6) is 0 Å². The Kier molecular flexibility index (Phi) is 4.64. The summed E-state index contributed by atoms with van der Waals surface area (Å²) in [7, 11) is -3.41. The number of sulfonamides is 1. The predicted molar refractivity (Wildman–Crippen MR) is 92.5 cm³/mol. The molecule has 0 saturated carbocycles. The van der Waals surface area contributed by atoms with Crippen molar-refractivity contribution in [2.24, 2.45) is 0 Å². The number of hydrogen-bond donors (Lipinski definition) is 0. The van der Waals surface area contributed by atoms with Crippen LogP contribution in [-0.2, 0) is 23.0 Å². The van der Waals surface area contributed by atoms with Gasteiger partial charge in [-0.15, -0.1) is 0 Å². The van der Waals surface area contributed by atoms with Gasteiger partial charge in [0.2, 0.25) is 15.9 Å². The molecule has 0 fully saturated rings. The summed E-state index contributed by atoms with van der Waals surface area (Å²) in [6, 6.07) is 5.41. The molecular weight excluding hydrogens is 326 g/mol. The maximum absolute atomic E-state index is 12.7. The Bertz CT molecular complexity index is 825. The van der Waals surface area contributed by atoms with Crippen LogP contribution in [0.25, 0.3) is 0 Å². The van der Waals surface area contributed by atoms with Crippen molar-refractivity contribution in [3.05, 3.63) is 41.6 Å². The maximum atomic E-state index is 12.7. The second kappa shape index (κ2) is 6.57. The topological polar surface area (TPSA) is 66.7 Å². The third kappa shape index (κ3) is 3.06. The minimum Gasteiger partial charge on any atom is -0.444 e. The van der Waals surface area contributed by atoms with Crippen LogP contribution >= 0.6 is 0 Å². The van der Waals surface area contributed by atoms with E-state index in [9.17, 15) is 8.42 Å². The zero-order valence-corrected chi connectivity index (χ0v) is 15.1. The van der Waals surface area contributed by atoms with Crippen molar-refractivity contribution >= 4 is 15.7 Å². The quantitative estimate of drug-likeness (QED) is 0.802. The van der Waals surface area contributed by atoms with Crippen molar-refractivity contribution in [1.82, 2.24) is 9.29 Å². The summed E-state index contributed by atoms with van der Waals surface area (Å²) in [5, 5.41) is 0. The zero-order chi connectivity index (χ0) is 17.3. The molecular formula is C17H23N3O3S. The largest absolute Gasteiger partial charge is 0.444 e. The maximum Gasteiger partial charge on any atom is 0.243 e. The molecule has 0 unspecified atom stereocenters. The Morgan fingerprint density at radius 1 is 1.29 bits per heavy atom. The van der Waals surface area contributed by atoms with Crippen LogP contribution in [0.3, 0.4) is 0 Å². The number of benzene rings is 1. The van der Waals surface area contributed by atoms with Gasteiger partial charge in [0.15, 0.2) is 0 Å². The van der Waals surface area contributed by atoms with Gasteiger partial charge in [0.05, 0.1) is 17.6 Å². The fraction of sp³-hybridized carbons (Fsp3) is 0.471. The summed E-state index contributed by atoms with van der Waals surface area (Å²) >= 11 is 0. The lowest BCUT2D eigenvalue weighted by Gasteiger charge is -2.20. The molecule has 6 nitrogen and oxygen atoms in total. The first-order valence-corrected chi connectivity index (χ1v) is 9.69. The van der Waals surface area contributed by atoms with Crippen molar-refractivity contribution in [3.8, 4) is 0 Å². The van der Waals surface area contributed by atoms with E-state index in [1.165, 1.54) is 4.31 Å². The standard InChI is InChI=1S/C17H23N3O3S/c1-4-20(5-2)24(21,22)15-6-7-16-14(10-15)8-9-19(16)12-17-18-11-13(3)23-17/h6-7,10-11H,4-5,8-9,12H2,1-3H3. The predicted octanol–water partition coefficient (Wildman–Crippen LogP) is 2.58. The average Bonchev–Trinajstić information content (AvgIpc) is 3.15. The van der Waals surface area contributed by atoms with Gasteiger partial charge >= 0.3 is 0 Å². The Morgan fingerprint density at radius 2 is 2.04 bits per heavy atom. The molecule has 2 heterocycles. The number of aryl methyl sites for hydroxylation is 1. The molecule has 7 heteroatoms. The second-order valence-corrected chi connectivity index (χ2v) is 7.85. The molecule has 1 aromatic carbocycles. The summed E-state index contributed by atoms with van der Waals surface area (Å²) in [6.45, 7) is 7.98. The van der Waals surface area contributed by atoms with E-state index in [0.29, 0.717) is 30.4 Å². The van der Waals surface area contributed by atoms with E-state index in [2.05, 4.69) is 9.88 Å². The lowest BCUT2D eigenvalue weighted by atomic mass is 10.2. The Balaban J connectivity index is 1.85. The number of rotatable bonds is 6. The molecule has 2 aromatic rings. The number of anilines is 1. The van der Waals surface area contributed by atoms with Crippen molar-refractivity contribution in [2.45, 2.75) is 38.6 Å². The average molecular weight is 349 g/mol. The van der Waals surface area contributed by atoms with E-state index >= 15 is 0 Å². The van der Waals surface area contributed by atoms with E-state index in [-0.39, 0.29) is 0 Å². The molecule has 0 N–H and O–H groups in total. The Hall–Kier alpha value is -1.86. The van der Waals surface area contributed by atoms with E-state index in [4.69, 9.17) is 4.42 Å². The molecule has 0 saturated heterocycles. The highest BCUT2D eigenvalue weighted by Crippen LogP contribution is 2.32. The fourth-order valence-electron chi connectivity index (χ4n) is 3.12. The van der Waals surface area contributed by atoms with Gasteiger partial charge < -0.3 is 9.32 Å². The summed E-state index contributed by atoms with van der Waals surface area (Å²) in [4.78, 5) is 6.79. The van der Waals surface area contributed by atoms with E-state index in [1.807, 2.05) is 32.9 Å². The summed E-state index contributed by atoms with van der Waals surface area (Å²) < 4.78 is 32.3. The van der Waals surface area contributed by atoms with Crippen LogP contribution in [0.15, 0.2) is 33.7 Å².